The zero-order valence-corrected chi connectivity index (χ0v) is 8.01. The summed E-state index contributed by atoms with van der Waals surface area (Å²) in [7, 11) is 0. The molecule has 1 N–H and O–H groups in total. The van der Waals surface area contributed by atoms with E-state index in [-0.39, 0.29) is 6.10 Å². The van der Waals surface area contributed by atoms with Crippen LogP contribution in [0.4, 0.5) is 0 Å². The molecule has 0 heterocycles. The van der Waals surface area contributed by atoms with Gasteiger partial charge < -0.3 is 5.11 Å². The maximum atomic E-state index is 9.08. The van der Waals surface area contributed by atoms with E-state index < -0.39 is 0 Å². The summed E-state index contributed by atoms with van der Waals surface area (Å²) in [6, 6.07) is 7.98. The number of hydrogen-bond acceptors (Lipinski definition) is 1. The predicted octanol–water partition coefficient (Wildman–Crippen LogP) is 2.37. The summed E-state index contributed by atoms with van der Waals surface area (Å²) in [5, 5.41) is 9.08. The molecule has 0 amide bonds. The highest BCUT2D eigenvalue weighted by Crippen LogP contribution is 2.12. The van der Waals surface area contributed by atoms with Crippen LogP contribution in [0.25, 0.3) is 0 Å². The van der Waals surface area contributed by atoms with Gasteiger partial charge in [-0.05, 0) is 31.0 Å². The smallest absolute Gasteiger partial charge is 0.0552 e. The van der Waals surface area contributed by atoms with E-state index in [4.69, 9.17) is 5.11 Å². The van der Waals surface area contributed by atoms with E-state index in [1.807, 2.05) is 24.3 Å². The fourth-order valence-electron chi connectivity index (χ4n) is 1.01. The fourth-order valence-corrected chi connectivity index (χ4v) is 1.45. The van der Waals surface area contributed by atoms with Crippen LogP contribution in [0.15, 0.2) is 28.7 Å². The van der Waals surface area contributed by atoms with Crippen molar-refractivity contribution in [2.45, 2.75) is 19.4 Å². The van der Waals surface area contributed by atoms with Crippen molar-refractivity contribution in [2.24, 2.45) is 0 Å². The van der Waals surface area contributed by atoms with Crippen molar-refractivity contribution >= 4 is 15.9 Å². The van der Waals surface area contributed by atoms with Gasteiger partial charge in [-0.1, -0.05) is 28.1 Å². The minimum Gasteiger partial charge on any atom is -0.393 e. The minimum atomic E-state index is -0.260. The second kappa shape index (κ2) is 3.88. The third kappa shape index (κ3) is 3.04. The third-order valence-corrected chi connectivity index (χ3v) is 1.91. The largest absolute Gasteiger partial charge is 0.393 e. The summed E-state index contributed by atoms with van der Waals surface area (Å²) < 4.78 is 1.07. The minimum absolute atomic E-state index is 0.260. The second-order valence-corrected chi connectivity index (χ2v) is 3.60. The molecule has 2 heteroatoms. The monoisotopic (exact) mass is 214 g/mol. The Labute approximate surface area is 75.2 Å². The standard InChI is InChI=1S/C9H11BrO/c1-7(11)5-8-3-2-4-9(10)6-8/h2-4,6-7,11H,5H2,1H3. The van der Waals surface area contributed by atoms with Gasteiger partial charge in [0.25, 0.3) is 0 Å². The molecule has 0 fully saturated rings. The number of benzene rings is 1. The molecule has 0 radical (unpaired) electrons. The highest BCUT2D eigenvalue weighted by Gasteiger charge is 1.98. The highest BCUT2D eigenvalue weighted by molar-refractivity contribution is 9.10. The first kappa shape index (κ1) is 8.75. The first-order valence-electron chi connectivity index (χ1n) is 3.61. The summed E-state index contributed by atoms with van der Waals surface area (Å²) >= 11 is 3.37. The molecular weight excluding hydrogens is 204 g/mol. The topological polar surface area (TPSA) is 20.2 Å². The van der Waals surface area contributed by atoms with Crippen molar-refractivity contribution in [3.8, 4) is 0 Å². The van der Waals surface area contributed by atoms with E-state index in [0.29, 0.717) is 0 Å². The van der Waals surface area contributed by atoms with Crippen molar-refractivity contribution in [2.75, 3.05) is 0 Å². The lowest BCUT2D eigenvalue weighted by Gasteiger charge is -2.03. The van der Waals surface area contributed by atoms with Gasteiger partial charge >= 0.3 is 0 Å². The predicted molar refractivity (Wildman–Crippen MR) is 49.5 cm³/mol. The van der Waals surface area contributed by atoms with Gasteiger partial charge in [0, 0.05) is 4.47 Å². The van der Waals surface area contributed by atoms with Crippen LogP contribution in [0, 0.1) is 0 Å². The molecule has 60 valence electrons. The van der Waals surface area contributed by atoms with E-state index in [1.165, 1.54) is 0 Å². The Morgan fingerprint density at radius 3 is 2.82 bits per heavy atom. The van der Waals surface area contributed by atoms with Crippen molar-refractivity contribution in [1.82, 2.24) is 0 Å². The molecule has 1 rings (SSSR count). The van der Waals surface area contributed by atoms with E-state index in [1.54, 1.807) is 6.92 Å². The quantitative estimate of drug-likeness (QED) is 0.802. The Balaban J connectivity index is 2.71. The molecule has 0 saturated carbocycles. The SMILES string of the molecule is CC(O)Cc1cccc(Br)c1. The van der Waals surface area contributed by atoms with Crippen LogP contribution in [0.3, 0.4) is 0 Å². The van der Waals surface area contributed by atoms with Gasteiger partial charge in [-0.25, -0.2) is 0 Å². The number of aliphatic hydroxyl groups excluding tert-OH is 1. The molecule has 11 heavy (non-hydrogen) atoms. The van der Waals surface area contributed by atoms with Crippen LogP contribution in [0.5, 0.6) is 0 Å². The van der Waals surface area contributed by atoms with E-state index in [0.717, 1.165) is 16.5 Å². The van der Waals surface area contributed by atoms with Crippen LogP contribution in [0.1, 0.15) is 12.5 Å². The Hall–Kier alpha value is -0.340. The summed E-state index contributed by atoms with van der Waals surface area (Å²) in [5.74, 6) is 0. The Morgan fingerprint density at radius 1 is 1.55 bits per heavy atom. The summed E-state index contributed by atoms with van der Waals surface area (Å²) in [5.41, 5.74) is 1.16. The molecule has 0 aliphatic rings. The molecule has 1 atom stereocenters. The molecule has 0 bridgehead atoms. The zero-order chi connectivity index (χ0) is 8.27. The number of hydrogen-bond donors (Lipinski definition) is 1. The van der Waals surface area contributed by atoms with Gasteiger partial charge in [0.2, 0.25) is 0 Å². The number of halogens is 1. The lowest BCUT2D eigenvalue weighted by Crippen LogP contribution is -2.03. The molecule has 0 aliphatic carbocycles. The van der Waals surface area contributed by atoms with Gasteiger partial charge in [0.1, 0.15) is 0 Å². The average molecular weight is 215 g/mol. The molecule has 1 nitrogen and oxygen atoms in total. The van der Waals surface area contributed by atoms with Gasteiger partial charge in [0.15, 0.2) is 0 Å². The van der Waals surface area contributed by atoms with Crippen LogP contribution in [-0.4, -0.2) is 11.2 Å². The molecule has 1 aromatic carbocycles. The normalized spacial score (nSPS) is 13.0. The molecule has 0 spiro atoms. The molecular formula is C9H11BrO. The van der Waals surface area contributed by atoms with Crippen molar-refractivity contribution in [1.29, 1.82) is 0 Å². The third-order valence-electron chi connectivity index (χ3n) is 1.42. The highest BCUT2D eigenvalue weighted by atomic mass is 79.9. The van der Waals surface area contributed by atoms with E-state index >= 15 is 0 Å². The van der Waals surface area contributed by atoms with Crippen molar-refractivity contribution in [3.05, 3.63) is 34.3 Å². The Morgan fingerprint density at radius 2 is 2.27 bits per heavy atom. The summed E-state index contributed by atoms with van der Waals surface area (Å²) in [6.07, 6.45) is 0.462. The molecule has 0 saturated heterocycles. The first-order valence-corrected chi connectivity index (χ1v) is 4.40. The van der Waals surface area contributed by atoms with Gasteiger partial charge in [0.05, 0.1) is 6.10 Å². The first-order chi connectivity index (χ1) is 5.18. The summed E-state index contributed by atoms with van der Waals surface area (Å²) in [4.78, 5) is 0. The number of rotatable bonds is 2. The molecule has 1 unspecified atom stereocenters. The van der Waals surface area contributed by atoms with E-state index in [2.05, 4.69) is 15.9 Å². The Kier molecular flexibility index (Phi) is 3.09. The van der Waals surface area contributed by atoms with Gasteiger partial charge in [-0.2, -0.15) is 0 Å². The van der Waals surface area contributed by atoms with E-state index in [9.17, 15) is 0 Å². The van der Waals surface area contributed by atoms with Crippen molar-refractivity contribution in [3.63, 3.8) is 0 Å². The lowest BCUT2D eigenvalue weighted by molar-refractivity contribution is 0.195. The number of aliphatic hydroxyl groups is 1. The summed E-state index contributed by atoms with van der Waals surface area (Å²) in [6.45, 7) is 1.79. The maximum absolute atomic E-state index is 9.08. The van der Waals surface area contributed by atoms with Crippen molar-refractivity contribution < 1.29 is 5.11 Å². The molecule has 0 aliphatic heterocycles. The lowest BCUT2D eigenvalue weighted by atomic mass is 10.1. The maximum Gasteiger partial charge on any atom is 0.0552 e. The zero-order valence-electron chi connectivity index (χ0n) is 6.42. The molecule has 0 aromatic heterocycles. The molecule has 1 aromatic rings. The van der Waals surface area contributed by atoms with Crippen LogP contribution in [0.2, 0.25) is 0 Å². The Bertz CT molecular complexity index is 233. The second-order valence-electron chi connectivity index (χ2n) is 2.68. The van der Waals surface area contributed by atoms with Gasteiger partial charge in [-0.3, -0.25) is 0 Å². The average Bonchev–Trinajstić information content (AvgIpc) is 1.85. The van der Waals surface area contributed by atoms with Crippen LogP contribution >= 0.6 is 15.9 Å². The fraction of sp³-hybridized carbons (Fsp3) is 0.333. The van der Waals surface area contributed by atoms with Crippen LogP contribution < -0.4 is 0 Å². The van der Waals surface area contributed by atoms with Gasteiger partial charge in [-0.15, -0.1) is 0 Å². The van der Waals surface area contributed by atoms with Crippen LogP contribution in [-0.2, 0) is 6.42 Å².